The predicted octanol–water partition coefficient (Wildman–Crippen LogP) is 5.10. The van der Waals surface area contributed by atoms with Crippen molar-refractivity contribution < 1.29 is 0 Å². The van der Waals surface area contributed by atoms with Crippen LogP contribution in [-0.4, -0.2) is 9.97 Å². The summed E-state index contributed by atoms with van der Waals surface area (Å²) in [7, 11) is 0. The highest BCUT2D eigenvalue weighted by atomic mass is 35.5. The van der Waals surface area contributed by atoms with E-state index < -0.39 is 0 Å². The van der Waals surface area contributed by atoms with Crippen LogP contribution in [0.3, 0.4) is 0 Å². The minimum absolute atomic E-state index is 0.560. The lowest BCUT2D eigenvalue weighted by atomic mass is 10.1. The fraction of sp³-hybridized carbons (Fsp3) is 0.158. The molecule has 0 saturated carbocycles. The number of rotatable bonds is 5. The van der Waals surface area contributed by atoms with E-state index in [1.807, 2.05) is 49.4 Å². The number of aryl methyl sites for hydroxylation is 2. The van der Waals surface area contributed by atoms with E-state index in [0.29, 0.717) is 11.0 Å². The lowest BCUT2D eigenvalue weighted by Crippen LogP contribution is -2.06. The first-order valence-electron chi connectivity index (χ1n) is 7.77. The first-order chi connectivity index (χ1) is 11.6. The monoisotopic (exact) mass is 338 g/mol. The summed E-state index contributed by atoms with van der Waals surface area (Å²) in [5.74, 6) is 1.35. The number of nitrogens with one attached hydrogen (secondary N) is 2. The van der Waals surface area contributed by atoms with Crippen molar-refractivity contribution in [1.29, 1.82) is 0 Å². The van der Waals surface area contributed by atoms with Crippen molar-refractivity contribution in [2.45, 2.75) is 20.4 Å². The molecule has 0 atom stereocenters. The Morgan fingerprint density at radius 2 is 1.71 bits per heavy atom. The summed E-state index contributed by atoms with van der Waals surface area (Å²) < 4.78 is 0. The normalized spacial score (nSPS) is 10.5. The molecule has 0 bridgehead atoms. The molecule has 4 nitrogen and oxygen atoms in total. The molecule has 0 unspecified atom stereocenters. The number of nitrogens with zero attached hydrogens (tertiary/aromatic N) is 2. The average Bonchev–Trinajstić information content (AvgIpc) is 2.56. The number of aromatic nitrogens is 2. The van der Waals surface area contributed by atoms with E-state index in [0.717, 1.165) is 23.7 Å². The second kappa shape index (κ2) is 7.32. The van der Waals surface area contributed by atoms with Gasteiger partial charge in [0, 0.05) is 29.0 Å². The van der Waals surface area contributed by atoms with Gasteiger partial charge in [0.2, 0.25) is 5.95 Å². The Hall–Kier alpha value is -2.59. The molecule has 0 aliphatic carbocycles. The van der Waals surface area contributed by atoms with Crippen molar-refractivity contribution in [3.63, 3.8) is 0 Å². The number of benzene rings is 2. The molecule has 0 aliphatic heterocycles. The average molecular weight is 339 g/mol. The van der Waals surface area contributed by atoms with Crippen molar-refractivity contribution in [3.05, 3.63) is 76.4 Å². The van der Waals surface area contributed by atoms with Gasteiger partial charge < -0.3 is 10.6 Å². The van der Waals surface area contributed by atoms with Crippen LogP contribution in [0.4, 0.5) is 17.5 Å². The maximum Gasteiger partial charge on any atom is 0.229 e. The van der Waals surface area contributed by atoms with Crippen molar-refractivity contribution >= 4 is 29.1 Å². The Balaban J connectivity index is 1.74. The summed E-state index contributed by atoms with van der Waals surface area (Å²) in [5.41, 5.74) is 4.31. The summed E-state index contributed by atoms with van der Waals surface area (Å²) >= 11 is 5.91. The zero-order chi connectivity index (χ0) is 16.9. The maximum absolute atomic E-state index is 5.91. The Labute approximate surface area is 146 Å². The second-order valence-electron chi connectivity index (χ2n) is 5.63. The van der Waals surface area contributed by atoms with Gasteiger partial charge in [-0.3, -0.25) is 0 Å². The van der Waals surface area contributed by atoms with Crippen LogP contribution in [0.15, 0.2) is 54.6 Å². The smallest absolute Gasteiger partial charge is 0.229 e. The summed E-state index contributed by atoms with van der Waals surface area (Å²) in [6.45, 7) is 4.78. The van der Waals surface area contributed by atoms with E-state index in [4.69, 9.17) is 11.6 Å². The molecule has 0 saturated heterocycles. The van der Waals surface area contributed by atoms with Crippen LogP contribution in [0.2, 0.25) is 5.02 Å². The van der Waals surface area contributed by atoms with Gasteiger partial charge in [0.25, 0.3) is 0 Å². The van der Waals surface area contributed by atoms with Crippen molar-refractivity contribution in [1.82, 2.24) is 9.97 Å². The Kier molecular flexibility index (Phi) is 4.96. The molecule has 0 aliphatic rings. The van der Waals surface area contributed by atoms with E-state index in [1.54, 1.807) is 0 Å². The molecule has 1 aromatic heterocycles. The number of anilines is 3. The lowest BCUT2D eigenvalue weighted by molar-refractivity contribution is 1.05. The highest BCUT2D eigenvalue weighted by Crippen LogP contribution is 2.19. The lowest BCUT2D eigenvalue weighted by Gasteiger charge is -2.11. The molecule has 3 rings (SSSR count). The zero-order valence-corrected chi connectivity index (χ0v) is 14.4. The predicted molar refractivity (Wildman–Crippen MR) is 100 cm³/mol. The van der Waals surface area contributed by atoms with E-state index in [2.05, 4.69) is 39.7 Å². The van der Waals surface area contributed by atoms with Crippen LogP contribution in [0, 0.1) is 13.8 Å². The third-order valence-electron chi connectivity index (χ3n) is 3.68. The topological polar surface area (TPSA) is 49.8 Å². The molecular weight excluding hydrogens is 320 g/mol. The van der Waals surface area contributed by atoms with Gasteiger partial charge in [0.15, 0.2) is 0 Å². The van der Waals surface area contributed by atoms with Crippen LogP contribution in [-0.2, 0) is 6.54 Å². The standard InChI is InChI=1S/C19H19ClN4/c1-13-5-3-4-6-15(13)12-21-18-11-14(2)22-19(24-18)23-17-9-7-16(20)8-10-17/h3-11H,12H2,1-2H3,(H2,21,22,23,24). The van der Waals surface area contributed by atoms with Crippen LogP contribution in [0.1, 0.15) is 16.8 Å². The molecule has 2 aromatic carbocycles. The molecule has 2 N–H and O–H groups in total. The molecule has 0 radical (unpaired) electrons. The number of hydrogen-bond acceptors (Lipinski definition) is 4. The van der Waals surface area contributed by atoms with Crippen molar-refractivity contribution in [2.75, 3.05) is 10.6 Å². The van der Waals surface area contributed by atoms with Crippen LogP contribution >= 0.6 is 11.6 Å². The highest BCUT2D eigenvalue weighted by Gasteiger charge is 2.04. The van der Waals surface area contributed by atoms with Gasteiger partial charge in [-0.25, -0.2) is 4.98 Å². The first-order valence-corrected chi connectivity index (χ1v) is 8.14. The minimum atomic E-state index is 0.560. The molecule has 24 heavy (non-hydrogen) atoms. The third kappa shape index (κ3) is 4.24. The van der Waals surface area contributed by atoms with E-state index in [-0.39, 0.29) is 0 Å². The van der Waals surface area contributed by atoms with Gasteiger partial charge in [-0.15, -0.1) is 0 Å². The highest BCUT2D eigenvalue weighted by molar-refractivity contribution is 6.30. The Morgan fingerprint density at radius 1 is 0.958 bits per heavy atom. The van der Waals surface area contributed by atoms with Gasteiger partial charge in [-0.05, 0) is 49.2 Å². The van der Waals surface area contributed by atoms with E-state index in [9.17, 15) is 0 Å². The summed E-state index contributed by atoms with van der Waals surface area (Å²) in [6.07, 6.45) is 0. The zero-order valence-electron chi connectivity index (χ0n) is 13.7. The van der Waals surface area contributed by atoms with Gasteiger partial charge >= 0.3 is 0 Å². The van der Waals surface area contributed by atoms with Crippen LogP contribution < -0.4 is 10.6 Å². The first kappa shape index (κ1) is 16.3. The summed E-state index contributed by atoms with van der Waals surface area (Å²) in [5, 5.41) is 7.27. The molecule has 0 spiro atoms. The fourth-order valence-corrected chi connectivity index (χ4v) is 2.50. The number of hydrogen-bond donors (Lipinski definition) is 2. The molecule has 3 aromatic rings. The summed E-state index contributed by atoms with van der Waals surface area (Å²) in [4.78, 5) is 8.96. The van der Waals surface area contributed by atoms with Crippen molar-refractivity contribution in [3.8, 4) is 0 Å². The quantitative estimate of drug-likeness (QED) is 0.679. The van der Waals surface area contributed by atoms with Gasteiger partial charge in [-0.1, -0.05) is 35.9 Å². The van der Waals surface area contributed by atoms with Gasteiger partial charge in [0.05, 0.1) is 0 Å². The Morgan fingerprint density at radius 3 is 2.46 bits per heavy atom. The van der Waals surface area contributed by atoms with Gasteiger partial charge in [-0.2, -0.15) is 4.98 Å². The molecular formula is C19H19ClN4. The third-order valence-corrected chi connectivity index (χ3v) is 3.93. The van der Waals surface area contributed by atoms with Gasteiger partial charge in [0.1, 0.15) is 5.82 Å². The molecule has 122 valence electrons. The van der Waals surface area contributed by atoms with E-state index in [1.165, 1.54) is 11.1 Å². The van der Waals surface area contributed by atoms with Crippen LogP contribution in [0.25, 0.3) is 0 Å². The SMILES string of the molecule is Cc1cc(NCc2ccccc2C)nc(Nc2ccc(Cl)cc2)n1. The minimum Gasteiger partial charge on any atom is -0.366 e. The molecule has 1 heterocycles. The summed E-state index contributed by atoms with van der Waals surface area (Å²) in [6, 6.07) is 17.7. The Bertz CT molecular complexity index is 831. The largest absolute Gasteiger partial charge is 0.366 e. The van der Waals surface area contributed by atoms with E-state index >= 15 is 0 Å². The van der Waals surface area contributed by atoms with Crippen molar-refractivity contribution in [2.24, 2.45) is 0 Å². The second-order valence-corrected chi connectivity index (χ2v) is 6.07. The number of halogens is 1. The molecule has 5 heteroatoms. The fourth-order valence-electron chi connectivity index (χ4n) is 2.37. The molecule has 0 fully saturated rings. The van der Waals surface area contributed by atoms with Crippen LogP contribution in [0.5, 0.6) is 0 Å². The molecule has 0 amide bonds. The maximum atomic E-state index is 5.91.